The number of amides is 2. The summed E-state index contributed by atoms with van der Waals surface area (Å²) in [5, 5.41) is 5.75. The summed E-state index contributed by atoms with van der Waals surface area (Å²) in [4.78, 5) is 25.6. The van der Waals surface area contributed by atoms with Gasteiger partial charge in [-0.1, -0.05) is 37.3 Å². The number of methoxy groups -OCH3 is 1. The van der Waals surface area contributed by atoms with E-state index in [2.05, 4.69) is 29.7 Å². The third kappa shape index (κ3) is 3.45. The van der Waals surface area contributed by atoms with Gasteiger partial charge in [-0.2, -0.15) is 0 Å². The van der Waals surface area contributed by atoms with Gasteiger partial charge in [0.1, 0.15) is 12.4 Å². The first-order valence-electron chi connectivity index (χ1n) is 10.4. The normalized spacial score (nSPS) is 24.0. The molecule has 0 radical (unpaired) electrons. The molecule has 0 saturated heterocycles. The zero-order chi connectivity index (χ0) is 21.3. The van der Waals surface area contributed by atoms with Gasteiger partial charge in [0.2, 0.25) is 0 Å². The Kier molecular flexibility index (Phi) is 5.52. The summed E-state index contributed by atoms with van der Waals surface area (Å²) in [6.45, 7) is 3.19. The van der Waals surface area contributed by atoms with Gasteiger partial charge in [-0.3, -0.25) is 9.59 Å². The number of hydrogen-bond donors (Lipinski definition) is 2. The van der Waals surface area contributed by atoms with E-state index in [1.54, 1.807) is 20.2 Å². The summed E-state index contributed by atoms with van der Waals surface area (Å²) >= 11 is 0. The van der Waals surface area contributed by atoms with E-state index in [4.69, 9.17) is 9.47 Å². The van der Waals surface area contributed by atoms with Crippen molar-refractivity contribution in [1.82, 2.24) is 10.6 Å². The average Bonchev–Trinajstić information content (AvgIpc) is 3.39. The quantitative estimate of drug-likeness (QED) is 0.739. The van der Waals surface area contributed by atoms with Crippen molar-refractivity contribution in [2.75, 3.05) is 27.4 Å². The number of nitrogens with one attached hydrogen (secondary N) is 2. The molecule has 158 valence electrons. The number of benzene rings is 2. The molecule has 6 nitrogen and oxygen atoms in total. The third-order valence-electron chi connectivity index (χ3n) is 6.35. The minimum Gasteiger partial charge on any atom is -0.491 e. The van der Waals surface area contributed by atoms with E-state index in [-0.39, 0.29) is 17.9 Å². The third-order valence-corrected chi connectivity index (χ3v) is 6.35. The highest BCUT2D eigenvalue weighted by molar-refractivity contribution is 6.02. The molecule has 0 aromatic heterocycles. The lowest BCUT2D eigenvalue weighted by Crippen LogP contribution is -2.30. The van der Waals surface area contributed by atoms with Crippen LogP contribution in [0.1, 0.15) is 51.6 Å². The summed E-state index contributed by atoms with van der Waals surface area (Å²) in [7, 11) is 3.25. The Hall–Kier alpha value is -2.86. The smallest absolute Gasteiger partial charge is 0.254 e. The molecule has 0 spiro atoms. The number of ether oxygens (including phenoxy) is 2. The standard InChI is InChI=1S/C24H28N2O4/c1-4-24(17-8-6-5-7-9-17)14-30-21-18(23(28)25-2)10-15(11-19(21)24)22(27)26-20-12-16(20)13-29-3/h5-11,16,20H,4,12-14H2,1-3H3,(H,25,28)(H,26,27)/t16-,20+,24?/m1/s1. The second-order valence-corrected chi connectivity index (χ2v) is 8.10. The van der Waals surface area contributed by atoms with Crippen LogP contribution in [-0.4, -0.2) is 45.2 Å². The van der Waals surface area contributed by atoms with Gasteiger partial charge >= 0.3 is 0 Å². The summed E-state index contributed by atoms with van der Waals surface area (Å²) in [5.74, 6) is 0.496. The van der Waals surface area contributed by atoms with Crippen molar-refractivity contribution in [2.24, 2.45) is 5.92 Å². The molecule has 1 fully saturated rings. The fourth-order valence-electron chi connectivity index (χ4n) is 4.41. The largest absolute Gasteiger partial charge is 0.491 e. The highest BCUT2D eigenvalue weighted by Gasteiger charge is 2.44. The molecule has 2 N–H and O–H groups in total. The minimum absolute atomic E-state index is 0.121. The Morgan fingerprint density at radius 2 is 1.97 bits per heavy atom. The van der Waals surface area contributed by atoms with Gasteiger partial charge in [-0.25, -0.2) is 0 Å². The van der Waals surface area contributed by atoms with Crippen molar-refractivity contribution >= 4 is 11.8 Å². The molecule has 2 aromatic rings. The summed E-state index contributed by atoms with van der Waals surface area (Å²) < 4.78 is 11.3. The zero-order valence-electron chi connectivity index (χ0n) is 17.7. The van der Waals surface area contributed by atoms with Crippen molar-refractivity contribution in [3.8, 4) is 5.75 Å². The van der Waals surface area contributed by atoms with E-state index in [0.717, 1.165) is 24.0 Å². The predicted octanol–water partition coefficient (Wildman–Crippen LogP) is 2.90. The number of fused-ring (bicyclic) bond motifs is 1. The van der Waals surface area contributed by atoms with Crippen LogP contribution in [0.5, 0.6) is 5.75 Å². The molecule has 3 atom stereocenters. The molecule has 1 unspecified atom stereocenters. The number of hydrogen-bond acceptors (Lipinski definition) is 4. The Labute approximate surface area is 177 Å². The first-order valence-corrected chi connectivity index (χ1v) is 10.4. The molecule has 2 aromatic carbocycles. The van der Waals surface area contributed by atoms with Crippen LogP contribution in [0.4, 0.5) is 0 Å². The summed E-state index contributed by atoms with van der Waals surface area (Å²) in [6, 6.07) is 13.8. The molecule has 1 aliphatic carbocycles. The maximum Gasteiger partial charge on any atom is 0.254 e. The number of carbonyl (C=O) groups excluding carboxylic acids is 2. The average molecular weight is 408 g/mol. The molecule has 2 amide bonds. The maximum absolute atomic E-state index is 13.0. The van der Waals surface area contributed by atoms with Gasteiger partial charge in [-0.15, -0.1) is 0 Å². The van der Waals surface area contributed by atoms with Gasteiger partial charge < -0.3 is 20.1 Å². The molecular formula is C24H28N2O4. The Bertz CT molecular complexity index is 959. The Morgan fingerprint density at radius 3 is 2.63 bits per heavy atom. The fourth-order valence-corrected chi connectivity index (χ4v) is 4.41. The highest BCUT2D eigenvalue weighted by atomic mass is 16.5. The van der Waals surface area contributed by atoms with Gasteiger partial charge in [0, 0.05) is 37.2 Å². The van der Waals surface area contributed by atoms with Crippen molar-refractivity contribution in [2.45, 2.75) is 31.2 Å². The van der Waals surface area contributed by atoms with E-state index in [1.165, 1.54) is 0 Å². The van der Waals surface area contributed by atoms with Gasteiger partial charge in [0.25, 0.3) is 11.8 Å². The Balaban J connectivity index is 1.75. The molecular weight excluding hydrogens is 380 g/mol. The molecule has 1 heterocycles. The van der Waals surface area contributed by atoms with Gasteiger partial charge in [-0.05, 0) is 30.5 Å². The van der Waals surface area contributed by atoms with Crippen molar-refractivity contribution < 1.29 is 19.1 Å². The topological polar surface area (TPSA) is 76.7 Å². The predicted molar refractivity (Wildman–Crippen MR) is 114 cm³/mol. The van der Waals surface area contributed by atoms with Gasteiger partial charge in [0.05, 0.1) is 17.6 Å². The second kappa shape index (κ2) is 8.11. The van der Waals surface area contributed by atoms with Crippen molar-refractivity contribution in [3.63, 3.8) is 0 Å². The number of carbonyl (C=O) groups is 2. The second-order valence-electron chi connectivity index (χ2n) is 8.10. The molecule has 1 aliphatic heterocycles. The SMILES string of the molecule is CCC1(c2ccccc2)COc2c(C(=O)NC)cc(C(=O)N[C@H]3C[C@@H]3COC)cc21. The minimum atomic E-state index is -0.395. The first-order chi connectivity index (χ1) is 14.5. The molecule has 0 bridgehead atoms. The van der Waals surface area contributed by atoms with Crippen LogP contribution in [0.3, 0.4) is 0 Å². The van der Waals surface area contributed by atoms with Crippen molar-refractivity contribution in [3.05, 3.63) is 64.7 Å². The fraction of sp³-hybridized carbons (Fsp3) is 0.417. The van der Waals surface area contributed by atoms with E-state index in [0.29, 0.717) is 36.0 Å². The maximum atomic E-state index is 13.0. The van der Waals surface area contributed by atoms with Crippen LogP contribution in [0.25, 0.3) is 0 Å². The lowest BCUT2D eigenvalue weighted by Gasteiger charge is -2.27. The van der Waals surface area contributed by atoms with Crippen LogP contribution < -0.4 is 15.4 Å². The highest BCUT2D eigenvalue weighted by Crippen LogP contribution is 2.48. The first kappa shape index (κ1) is 20.4. The molecule has 1 saturated carbocycles. The van der Waals surface area contributed by atoms with E-state index >= 15 is 0 Å². The van der Waals surface area contributed by atoms with Crippen LogP contribution in [0.15, 0.2) is 42.5 Å². The lowest BCUT2D eigenvalue weighted by atomic mass is 9.73. The Morgan fingerprint density at radius 1 is 1.20 bits per heavy atom. The van der Waals surface area contributed by atoms with Crippen LogP contribution in [0, 0.1) is 5.92 Å². The van der Waals surface area contributed by atoms with E-state index in [9.17, 15) is 9.59 Å². The van der Waals surface area contributed by atoms with Crippen LogP contribution in [0.2, 0.25) is 0 Å². The van der Waals surface area contributed by atoms with Crippen LogP contribution >= 0.6 is 0 Å². The molecule has 30 heavy (non-hydrogen) atoms. The summed E-state index contributed by atoms with van der Waals surface area (Å²) in [6.07, 6.45) is 1.71. The summed E-state index contributed by atoms with van der Waals surface area (Å²) in [5.41, 5.74) is 2.50. The van der Waals surface area contributed by atoms with E-state index < -0.39 is 5.41 Å². The number of rotatable bonds is 7. The van der Waals surface area contributed by atoms with E-state index in [1.807, 2.05) is 24.3 Å². The van der Waals surface area contributed by atoms with Gasteiger partial charge in [0.15, 0.2) is 0 Å². The van der Waals surface area contributed by atoms with Crippen LogP contribution in [-0.2, 0) is 10.2 Å². The lowest BCUT2D eigenvalue weighted by molar-refractivity contribution is 0.0945. The van der Waals surface area contributed by atoms with Crippen molar-refractivity contribution in [1.29, 1.82) is 0 Å². The monoisotopic (exact) mass is 408 g/mol. The molecule has 6 heteroatoms. The molecule has 2 aliphatic rings. The zero-order valence-corrected chi connectivity index (χ0v) is 17.7. The molecule has 4 rings (SSSR count).